The van der Waals surface area contributed by atoms with Gasteiger partial charge in [0.15, 0.2) is 11.5 Å². The molecule has 0 amide bonds. The molecular formula is C23H25N3O4S. The molecule has 1 aromatic heterocycles. The molecule has 162 valence electrons. The van der Waals surface area contributed by atoms with Gasteiger partial charge in [-0.2, -0.15) is 5.10 Å². The van der Waals surface area contributed by atoms with Crippen molar-refractivity contribution in [3.63, 3.8) is 0 Å². The van der Waals surface area contributed by atoms with Crippen molar-refractivity contribution < 1.29 is 19.0 Å². The average molecular weight is 440 g/mol. The molecule has 0 saturated carbocycles. The Balaban J connectivity index is 1.61. The summed E-state index contributed by atoms with van der Waals surface area (Å²) in [6.07, 6.45) is 1.80. The van der Waals surface area contributed by atoms with Gasteiger partial charge in [-0.1, -0.05) is 23.8 Å². The summed E-state index contributed by atoms with van der Waals surface area (Å²) in [6.45, 7) is 4.61. The lowest BCUT2D eigenvalue weighted by atomic mass is 10.1. The van der Waals surface area contributed by atoms with E-state index in [4.69, 9.17) is 9.47 Å². The number of methoxy groups -OCH3 is 2. The normalized spacial score (nSPS) is 10.8. The maximum Gasteiger partial charge on any atom is 0.311 e. The summed E-state index contributed by atoms with van der Waals surface area (Å²) >= 11 is 1.37. The minimum atomic E-state index is -0.327. The number of benzene rings is 2. The Morgan fingerprint density at radius 2 is 2.00 bits per heavy atom. The number of aryl methyl sites for hydroxylation is 2. The highest BCUT2D eigenvalue weighted by Gasteiger charge is 2.08. The van der Waals surface area contributed by atoms with Crippen molar-refractivity contribution in [3.05, 3.63) is 69.7 Å². The van der Waals surface area contributed by atoms with E-state index >= 15 is 0 Å². The molecule has 0 bridgehead atoms. The Labute approximate surface area is 185 Å². The number of rotatable bonds is 9. The number of hydrogen-bond donors (Lipinski definition) is 1. The van der Waals surface area contributed by atoms with Gasteiger partial charge in [0.25, 0.3) is 0 Å². The number of aromatic nitrogens is 1. The van der Waals surface area contributed by atoms with Crippen molar-refractivity contribution in [2.75, 3.05) is 19.6 Å². The monoisotopic (exact) mass is 439 g/mol. The van der Waals surface area contributed by atoms with Crippen LogP contribution in [-0.2, 0) is 22.6 Å². The lowest BCUT2D eigenvalue weighted by Crippen LogP contribution is -2.04. The largest absolute Gasteiger partial charge is 0.493 e. The summed E-state index contributed by atoms with van der Waals surface area (Å²) in [7, 11) is 2.96. The third-order valence-corrected chi connectivity index (χ3v) is 5.35. The van der Waals surface area contributed by atoms with Crippen LogP contribution in [0.5, 0.6) is 11.5 Å². The number of carbonyl (C=O) groups is 1. The molecule has 8 heteroatoms. The van der Waals surface area contributed by atoms with Gasteiger partial charge < -0.3 is 14.2 Å². The summed E-state index contributed by atoms with van der Waals surface area (Å²) in [5.41, 5.74) is 7.89. The van der Waals surface area contributed by atoms with E-state index in [0.29, 0.717) is 28.9 Å². The van der Waals surface area contributed by atoms with Crippen molar-refractivity contribution in [1.82, 2.24) is 4.98 Å². The standard InChI is InChI=1S/C23H25N3O4S/c1-15-5-6-16(2)18(9-15)13-30-20-8-7-17(10-21(20)28-3)12-24-26-23-25-19(14-31-23)11-22(27)29-4/h5-10,12,14H,11,13H2,1-4H3,(H,25,26)/b24-12-. The number of esters is 1. The molecule has 0 atom stereocenters. The smallest absolute Gasteiger partial charge is 0.311 e. The van der Waals surface area contributed by atoms with E-state index in [1.165, 1.54) is 29.6 Å². The molecule has 0 aliphatic rings. The first-order valence-corrected chi connectivity index (χ1v) is 10.5. The van der Waals surface area contributed by atoms with Crippen LogP contribution in [0.4, 0.5) is 5.13 Å². The summed E-state index contributed by atoms with van der Waals surface area (Å²) in [5.74, 6) is 0.970. The fraction of sp³-hybridized carbons (Fsp3) is 0.261. The van der Waals surface area contributed by atoms with E-state index in [9.17, 15) is 4.79 Å². The molecule has 0 aliphatic carbocycles. The number of hydrazone groups is 1. The maximum absolute atomic E-state index is 11.3. The first-order valence-electron chi connectivity index (χ1n) is 9.65. The van der Waals surface area contributed by atoms with Crippen LogP contribution < -0.4 is 14.9 Å². The SMILES string of the molecule is COC(=O)Cc1csc(N/N=C\c2ccc(OCc3cc(C)ccc3C)c(OC)c2)n1. The van der Waals surface area contributed by atoms with Crippen molar-refractivity contribution in [3.8, 4) is 11.5 Å². The minimum absolute atomic E-state index is 0.138. The zero-order valence-electron chi connectivity index (χ0n) is 18.0. The first kappa shape index (κ1) is 22.3. The Kier molecular flexibility index (Phi) is 7.61. The van der Waals surface area contributed by atoms with Gasteiger partial charge in [0.2, 0.25) is 5.13 Å². The van der Waals surface area contributed by atoms with Gasteiger partial charge in [-0.15, -0.1) is 11.3 Å². The zero-order valence-corrected chi connectivity index (χ0v) is 18.8. The molecule has 0 unspecified atom stereocenters. The van der Waals surface area contributed by atoms with Crippen LogP contribution in [-0.4, -0.2) is 31.4 Å². The number of hydrogen-bond acceptors (Lipinski definition) is 8. The second kappa shape index (κ2) is 10.6. The van der Waals surface area contributed by atoms with Gasteiger partial charge in [-0.25, -0.2) is 4.98 Å². The Morgan fingerprint density at radius 1 is 1.16 bits per heavy atom. The molecule has 7 nitrogen and oxygen atoms in total. The molecular weight excluding hydrogens is 414 g/mol. The first-order chi connectivity index (χ1) is 15.0. The average Bonchev–Trinajstić information content (AvgIpc) is 3.21. The van der Waals surface area contributed by atoms with Gasteiger partial charge in [0.1, 0.15) is 6.61 Å². The van der Waals surface area contributed by atoms with Gasteiger partial charge >= 0.3 is 5.97 Å². The molecule has 0 saturated heterocycles. The Hall–Kier alpha value is -3.39. The minimum Gasteiger partial charge on any atom is -0.493 e. The highest BCUT2D eigenvalue weighted by molar-refractivity contribution is 7.13. The van der Waals surface area contributed by atoms with Crippen LogP contribution in [0.3, 0.4) is 0 Å². The Bertz CT molecular complexity index is 1080. The van der Waals surface area contributed by atoms with Crippen molar-refractivity contribution in [2.45, 2.75) is 26.9 Å². The van der Waals surface area contributed by atoms with Gasteiger partial charge in [0.05, 0.1) is 32.5 Å². The molecule has 3 aromatic rings. The molecule has 0 spiro atoms. The highest BCUT2D eigenvalue weighted by atomic mass is 32.1. The zero-order chi connectivity index (χ0) is 22.2. The molecule has 1 heterocycles. The highest BCUT2D eigenvalue weighted by Crippen LogP contribution is 2.29. The van der Waals surface area contributed by atoms with E-state index in [1.54, 1.807) is 18.7 Å². The fourth-order valence-corrected chi connectivity index (χ4v) is 3.48. The van der Waals surface area contributed by atoms with Gasteiger partial charge in [0, 0.05) is 5.38 Å². The molecule has 31 heavy (non-hydrogen) atoms. The van der Waals surface area contributed by atoms with Crippen LogP contribution in [0.1, 0.15) is 27.9 Å². The van der Waals surface area contributed by atoms with E-state index in [0.717, 1.165) is 11.1 Å². The van der Waals surface area contributed by atoms with Crippen molar-refractivity contribution in [1.29, 1.82) is 0 Å². The predicted octanol–water partition coefficient (Wildman–Crippen LogP) is 4.51. The number of nitrogens with one attached hydrogen (secondary N) is 1. The van der Waals surface area contributed by atoms with E-state index in [2.05, 4.69) is 52.3 Å². The topological polar surface area (TPSA) is 82.0 Å². The summed E-state index contributed by atoms with van der Waals surface area (Å²) in [6, 6.07) is 11.9. The molecule has 3 rings (SSSR count). The van der Waals surface area contributed by atoms with E-state index < -0.39 is 0 Å². The van der Waals surface area contributed by atoms with E-state index in [-0.39, 0.29) is 12.4 Å². The van der Waals surface area contributed by atoms with E-state index in [1.807, 2.05) is 18.2 Å². The number of carbonyl (C=O) groups excluding carboxylic acids is 1. The Morgan fingerprint density at radius 3 is 2.77 bits per heavy atom. The summed E-state index contributed by atoms with van der Waals surface area (Å²) in [5, 5.41) is 6.59. The second-order valence-electron chi connectivity index (χ2n) is 6.90. The van der Waals surface area contributed by atoms with Gasteiger partial charge in [-0.3, -0.25) is 10.2 Å². The third kappa shape index (κ3) is 6.29. The quantitative estimate of drug-likeness (QED) is 0.300. The van der Waals surface area contributed by atoms with Crippen molar-refractivity contribution >= 4 is 28.7 Å². The second-order valence-corrected chi connectivity index (χ2v) is 7.75. The van der Waals surface area contributed by atoms with Gasteiger partial charge in [-0.05, 0) is 48.7 Å². The van der Waals surface area contributed by atoms with Crippen LogP contribution in [0, 0.1) is 13.8 Å². The third-order valence-electron chi connectivity index (χ3n) is 4.55. The molecule has 0 aliphatic heterocycles. The number of thiazole rings is 1. The van der Waals surface area contributed by atoms with Crippen LogP contribution in [0.15, 0.2) is 46.9 Å². The lowest BCUT2D eigenvalue weighted by Gasteiger charge is -2.13. The molecule has 2 aromatic carbocycles. The van der Waals surface area contributed by atoms with Crippen LogP contribution >= 0.6 is 11.3 Å². The molecule has 1 N–H and O–H groups in total. The van der Waals surface area contributed by atoms with Crippen LogP contribution in [0.2, 0.25) is 0 Å². The fourth-order valence-electron chi connectivity index (χ4n) is 2.82. The maximum atomic E-state index is 11.3. The number of ether oxygens (including phenoxy) is 3. The summed E-state index contributed by atoms with van der Waals surface area (Å²) < 4.78 is 16.1. The molecule has 0 radical (unpaired) electrons. The number of anilines is 1. The van der Waals surface area contributed by atoms with Crippen molar-refractivity contribution in [2.24, 2.45) is 5.10 Å². The predicted molar refractivity (Wildman–Crippen MR) is 122 cm³/mol. The lowest BCUT2D eigenvalue weighted by molar-refractivity contribution is -0.139. The molecule has 0 fully saturated rings. The summed E-state index contributed by atoms with van der Waals surface area (Å²) in [4.78, 5) is 15.6. The number of nitrogens with zero attached hydrogens (tertiary/aromatic N) is 2. The van der Waals surface area contributed by atoms with Crippen LogP contribution in [0.25, 0.3) is 0 Å².